The molecule has 2 aliphatic heterocycles. The molecule has 0 saturated carbocycles. The molecule has 0 unspecified atom stereocenters. The van der Waals surface area contributed by atoms with E-state index in [9.17, 15) is 4.79 Å². The number of hydrogen-bond acceptors (Lipinski definition) is 5. The van der Waals surface area contributed by atoms with Gasteiger partial charge in [0.1, 0.15) is 11.7 Å². The Labute approximate surface area is 141 Å². The van der Waals surface area contributed by atoms with Gasteiger partial charge in [0.15, 0.2) is 5.78 Å². The molecule has 3 heterocycles. The Bertz CT molecular complexity index is 845. The molecule has 1 aromatic carbocycles. The van der Waals surface area contributed by atoms with E-state index in [2.05, 4.69) is 25.9 Å². The number of carbonyl (C=O) groups excluding carboxylic acids is 1. The minimum Gasteiger partial charge on any atom is -0.312 e. The average molecular weight is 369 g/mol. The quantitative estimate of drug-likeness (QED) is 0.781. The summed E-state index contributed by atoms with van der Waals surface area (Å²) in [5.41, 5.74) is 2.46. The Morgan fingerprint density at radius 1 is 1.26 bits per heavy atom. The van der Waals surface area contributed by atoms with E-state index < -0.39 is 0 Å². The van der Waals surface area contributed by atoms with Crippen LogP contribution in [0, 0.1) is 0 Å². The molecule has 114 valence electrons. The van der Waals surface area contributed by atoms with Crippen LogP contribution in [0.3, 0.4) is 0 Å². The van der Waals surface area contributed by atoms with Crippen molar-refractivity contribution in [1.29, 1.82) is 0 Å². The van der Waals surface area contributed by atoms with Crippen LogP contribution in [0.15, 0.2) is 57.2 Å². The van der Waals surface area contributed by atoms with Crippen LogP contribution in [-0.4, -0.2) is 40.4 Å². The van der Waals surface area contributed by atoms with Gasteiger partial charge in [-0.05, 0) is 40.2 Å². The van der Waals surface area contributed by atoms with Crippen molar-refractivity contribution < 1.29 is 4.79 Å². The number of benzene rings is 1. The van der Waals surface area contributed by atoms with Crippen molar-refractivity contribution in [3.8, 4) is 0 Å². The number of nitrogens with zero attached hydrogens (tertiary/aromatic N) is 4. The second kappa shape index (κ2) is 5.70. The van der Waals surface area contributed by atoms with E-state index in [1.807, 2.05) is 23.1 Å². The van der Waals surface area contributed by atoms with Crippen LogP contribution in [-0.2, 0) is 0 Å². The number of amidine groups is 2. The maximum atomic E-state index is 12.5. The second-order valence-electron chi connectivity index (χ2n) is 5.36. The van der Waals surface area contributed by atoms with Crippen molar-refractivity contribution in [2.24, 2.45) is 9.98 Å². The van der Waals surface area contributed by atoms with Crippen LogP contribution < -0.4 is 0 Å². The van der Waals surface area contributed by atoms with Gasteiger partial charge in [-0.25, -0.2) is 4.99 Å². The monoisotopic (exact) mass is 368 g/mol. The number of aliphatic imine (C=N–C) groups is 2. The largest absolute Gasteiger partial charge is 0.312 e. The fraction of sp³-hybridized carbons (Fsp3) is 0.176. The lowest BCUT2D eigenvalue weighted by molar-refractivity contribution is 0.0998. The highest BCUT2D eigenvalue weighted by Crippen LogP contribution is 2.35. The van der Waals surface area contributed by atoms with E-state index >= 15 is 0 Å². The molecular weight excluding hydrogens is 356 g/mol. The van der Waals surface area contributed by atoms with Gasteiger partial charge in [-0.2, -0.15) is 0 Å². The van der Waals surface area contributed by atoms with Gasteiger partial charge in [0.25, 0.3) is 0 Å². The van der Waals surface area contributed by atoms with Crippen LogP contribution >= 0.6 is 15.9 Å². The third-order valence-corrected chi connectivity index (χ3v) is 4.56. The summed E-state index contributed by atoms with van der Waals surface area (Å²) in [7, 11) is 0. The normalized spacial score (nSPS) is 15.6. The molecule has 0 aliphatic carbocycles. The fourth-order valence-corrected chi connectivity index (χ4v) is 3.29. The van der Waals surface area contributed by atoms with Crippen molar-refractivity contribution in [3.05, 3.63) is 58.3 Å². The molecule has 0 N–H and O–H groups in total. The standard InChI is InChI=1S/C17H13BrN4O/c18-13-5-1-4-12-16(13)21-15(22-8-7-20-17(12)22)9-14(23)11-3-2-6-19-10-11/h1-6,10H,7-9H2. The van der Waals surface area contributed by atoms with Crippen molar-refractivity contribution in [3.63, 3.8) is 0 Å². The Hall–Kier alpha value is -2.34. The highest BCUT2D eigenvalue weighted by atomic mass is 79.9. The summed E-state index contributed by atoms with van der Waals surface area (Å²) in [5, 5.41) is 0. The van der Waals surface area contributed by atoms with Gasteiger partial charge in [-0.15, -0.1) is 0 Å². The summed E-state index contributed by atoms with van der Waals surface area (Å²) >= 11 is 3.54. The second-order valence-corrected chi connectivity index (χ2v) is 6.22. The number of ketones is 1. The van der Waals surface area contributed by atoms with E-state index in [-0.39, 0.29) is 12.2 Å². The first-order chi connectivity index (χ1) is 11.2. The SMILES string of the molecule is O=C(CC1=Nc2c(Br)cccc2C2=NCCN12)c1cccnc1. The maximum Gasteiger partial charge on any atom is 0.171 e. The number of aromatic nitrogens is 1. The Morgan fingerprint density at radius 3 is 3.00 bits per heavy atom. The fourth-order valence-electron chi connectivity index (χ4n) is 2.84. The summed E-state index contributed by atoms with van der Waals surface area (Å²) in [6.07, 6.45) is 3.49. The third-order valence-electron chi connectivity index (χ3n) is 3.92. The highest BCUT2D eigenvalue weighted by Gasteiger charge is 2.31. The highest BCUT2D eigenvalue weighted by molar-refractivity contribution is 9.10. The number of hydrogen-bond donors (Lipinski definition) is 0. The van der Waals surface area contributed by atoms with Crippen molar-refractivity contribution in [1.82, 2.24) is 9.88 Å². The topological polar surface area (TPSA) is 57.9 Å². The summed E-state index contributed by atoms with van der Waals surface area (Å²) in [6, 6.07) is 9.49. The number of fused-ring (bicyclic) bond motifs is 3. The number of rotatable bonds is 3. The minimum absolute atomic E-state index is 0.0126. The Balaban J connectivity index is 1.73. The smallest absolute Gasteiger partial charge is 0.171 e. The first kappa shape index (κ1) is 14.3. The zero-order valence-electron chi connectivity index (χ0n) is 12.2. The Kier molecular flexibility index (Phi) is 3.53. The van der Waals surface area contributed by atoms with Gasteiger partial charge in [0.05, 0.1) is 18.7 Å². The molecule has 0 amide bonds. The molecular formula is C17H13BrN4O. The van der Waals surface area contributed by atoms with Gasteiger partial charge in [-0.3, -0.25) is 14.8 Å². The number of pyridine rings is 1. The van der Waals surface area contributed by atoms with Gasteiger partial charge < -0.3 is 4.90 Å². The van der Waals surface area contributed by atoms with Gasteiger partial charge in [0, 0.05) is 34.5 Å². The first-order valence-corrected chi connectivity index (χ1v) is 8.15. The molecule has 23 heavy (non-hydrogen) atoms. The van der Waals surface area contributed by atoms with Crippen molar-refractivity contribution in [2.45, 2.75) is 6.42 Å². The number of carbonyl (C=O) groups is 1. The molecule has 0 spiro atoms. The average Bonchev–Trinajstić information content (AvgIpc) is 3.07. The summed E-state index contributed by atoms with van der Waals surface area (Å²) in [6.45, 7) is 1.49. The molecule has 6 heteroatoms. The minimum atomic E-state index is 0.0126. The number of halogens is 1. The molecule has 0 saturated heterocycles. The zero-order chi connectivity index (χ0) is 15.8. The van der Waals surface area contributed by atoms with Gasteiger partial charge in [0.2, 0.25) is 0 Å². The molecule has 2 aromatic rings. The molecule has 0 radical (unpaired) electrons. The van der Waals surface area contributed by atoms with Crippen LogP contribution in [0.1, 0.15) is 22.3 Å². The van der Waals surface area contributed by atoms with E-state index in [0.29, 0.717) is 5.56 Å². The Morgan fingerprint density at radius 2 is 2.17 bits per heavy atom. The van der Waals surface area contributed by atoms with Crippen LogP contribution in [0.2, 0.25) is 0 Å². The van der Waals surface area contributed by atoms with Crippen molar-refractivity contribution in [2.75, 3.05) is 13.1 Å². The molecule has 5 nitrogen and oxygen atoms in total. The lowest BCUT2D eigenvalue weighted by atomic mass is 10.1. The lowest BCUT2D eigenvalue weighted by Gasteiger charge is -2.27. The molecule has 0 bridgehead atoms. The number of Topliss-reactive ketones (excluding diaryl/α,β-unsaturated/α-hetero) is 1. The first-order valence-electron chi connectivity index (χ1n) is 7.36. The number of para-hydroxylation sites is 1. The van der Waals surface area contributed by atoms with Gasteiger partial charge >= 0.3 is 0 Å². The van der Waals surface area contributed by atoms with Crippen LogP contribution in [0.4, 0.5) is 5.69 Å². The van der Waals surface area contributed by atoms with E-state index in [1.54, 1.807) is 24.5 Å². The maximum absolute atomic E-state index is 12.5. The summed E-state index contributed by atoms with van der Waals surface area (Å²) in [5.74, 6) is 1.67. The lowest BCUT2D eigenvalue weighted by Crippen LogP contribution is -2.38. The van der Waals surface area contributed by atoms with Crippen LogP contribution in [0.25, 0.3) is 0 Å². The summed E-state index contributed by atoms with van der Waals surface area (Å²) in [4.78, 5) is 27.9. The zero-order valence-corrected chi connectivity index (χ0v) is 13.8. The molecule has 2 aliphatic rings. The van der Waals surface area contributed by atoms with E-state index in [0.717, 1.165) is 40.5 Å². The predicted molar refractivity (Wildman–Crippen MR) is 92.5 cm³/mol. The molecule has 1 aromatic heterocycles. The van der Waals surface area contributed by atoms with Gasteiger partial charge in [-0.1, -0.05) is 6.07 Å². The molecule has 0 atom stereocenters. The predicted octanol–water partition coefficient (Wildman–Crippen LogP) is 3.22. The third kappa shape index (κ3) is 2.49. The van der Waals surface area contributed by atoms with E-state index in [4.69, 9.17) is 4.99 Å². The van der Waals surface area contributed by atoms with Crippen LogP contribution in [0.5, 0.6) is 0 Å². The van der Waals surface area contributed by atoms with Crippen molar-refractivity contribution >= 4 is 39.1 Å². The molecule has 0 fully saturated rings. The molecule has 4 rings (SSSR count). The van der Waals surface area contributed by atoms with E-state index in [1.165, 1.54) is 0 Å². The summed E-state index contributed by atoms with van der Waals surface area (Å²) < 4.78 is 0.913.